The molecule has 1 saturated carbocycles. The Bertz CT molecular complexity index is 501. The van der Waals surface area contributed by atoms with Gasteiger partial charge in [-0.1, -0.05) is 0 Å². The highest BCUT2D eigenvalue weighted by Gasteiger charge is 2.28. The number of nitrogens with one attached hydrogen (secondary N) is 1. The van der Waals surface area contributed by atoms with E-state index in [1.807, 2.05) is 0 Å². The lowest BCUT2D eigenvalue weighted by Crippen LogP contribution is -2.26. The van der Waals surface area contributed by atoms with Crippen molar-refractivity contribution in [2.75, 3.05) is 0 Å². The summed E-state index contributed by atoms with van der Waals surface area (Å²) in [7, 11) is 0. The Hall–Kier alpha value is -2.05. The van der Waals surface area contributed by atoms with Crippen LogP contribution in [0.1, 0.15) is 23.2 Å². The first-order valence-corrected chi connectivity index (χ1v) is 4.93. The van der Waals surface area contributed by atoms with Crippen LogP contribution in [0.15, 0.2) is 12.1 Å². The van der Waals surface area contributed by atoms with Crippen LogP contribution in [0.4, 0.5) is 14.5 Å². The fourth-order valence-electron chi connectivity index (χ4n) is 1.36. The van der Waals surface area contributed by atoms with Crippen LogP contribution >= 0.6 is 0 Å². The number of amides is 1. The first kappa shape index (κ1) is 11.4. The van der Waals surface area contributed by atoms with Crippen molar-refractivity contribution in [3.05, 3.63) is 39.4 Å². The molecule has 2 rings (SSSR count). The highest BCUT2D eigenvalue weighted by Crippen LogP contribution is 2.24. The second kappa shape index (κ2) is 4.08. The summed E-state index contributed by atoms with van der Waals surface area (Å²) in [4.78, 5) is 20.9. The van der Waals surface area contributed by atoms with E-state index in [0.717, 1.165) is 12.8 Å². The van der Waals surface area contributed by atoms with E-state index in [0.29, 0.717) is 12.1 Å². The lowest BCUT2D eigenvalue weighted by molar-refractivity contribution is -0.387. The van der Waals surface area contributed by atoms with Crippen LogP contribution in [-0.4, -0.2) is 16.9 Å². The smallest absolute Gasteiger partial charge is 0.308 e. The quantitative estimate of drug-likeness (QED) is 0.648. The zero-order valence-electron chi connectivity index (χ0n) is 8.57. The topological polar surface area (TPSA) is 72.2 Å². The summed E-state index contributed by atoms with van der Waals surface area (Å²) >= 11 is 0. The molecule has 0 atom stereocenters. The number of nitro groups is 1. The Kier molecular flexibility index (Phi) is 2.74. The van der Waals surface area contributed by atoms with Crippen LogP contribution in [-0.2, 0) is 0 Å². The summed E-state index contributed by atoms with van der Waals surface area (Å²) in [5, 5.41) is 12.9. The number of halogens is 2. The van der Waals surface area contributed by atoms with Gasteiger partial charge in [-0.25, -0.2) is 4.39 Å². The standard InChI is InChI=1S/C10H8F2N2O3/c11-5-3-7(10(15)13-6-1-2-6)9(12)8(4-5)14(16)17/h3-4,6H,1-2H2,(H,13,15). The highest BCUT2D eigenvalue weighted by atomic mass is 19.1. The van der Waals surface area contributed by atoms with Crippen LogP contribution in [0.5, 0.6) is 0 Å². The van der Waals surface area contributed by atoms with Gasteiger partial charge in [0.1, 0.15) is 5.82 Å². The SMILES string of the molecule is O=C(NC1CC1)c1cc(F)cc([N+](=O)[O-])c1F. The van der Waals surface area contributed by atoms with E-state index < -0.39 is 33.7 Å². The van der Waals surface area contributed by atoms with Gasteiger partial charge in [0.15, 0.2) is 0 Å². The molecule has 0 aromatic heterocycles. The average molecular weight is 242 g/mol. The van der Waals surface area contributed by atoms with E-state index in [1.165, 1.54) is 0 Å². The molecule has 0 radical (unpaired) electrons. The molecule has 5 nitrogen and oxygen atoms in total. The largest absolute Gasteiger partial charge is 0.349 e. The van der Waals surface area contributed by atoms with Crippen LogP contribution < -0.4 is 5.32 Å². The molecule has 0 unspecified atom stereocenters. The van der Waals surface area contributed by atoms with Crippen molar-refractivity contribution >= 4 is 11.6 Å². The monoisotopic (exact) mass is 242 g/mol. The molecule has 1 amide bonds. The van der Waals surface area contributed by atoms with Gasteiger partial charge in [-0.2, -0.15) is 4.39 Å². The molecule has 1 aromatic rings. The molecule has 1 fully saturated rings. The summed E-state index contributed by atoms with van der Waals surface area (Å²) < 4.78 is 26.6. The van der Waals surface area contributed by atoms with Gasteiger partial charge in [0.25, 0.3) is 5.91 Å². The van der Waals surface area contributed by atoms with Gasteiger partial charge in [0.2, 0.25) is 5.82 Å². The van der Waals surface area contributed by atoms with Gasteiger partial charge in [0.05, 0.1) is 16.6 Å². The Morgan fingerprint density at radius 3 is 2.59 bits per heavy atom. The summed E-state index contributed by atoms with van der Waals surface area (Å²) in [6.45, 7) is 0. The van der Waals surface area contributed by atoms with Gasteiger partial charge < -0.3 is 5.32 Å². The summed E-state index contributed by atoms with van der Waals surface area (Å²) in [5.41, 5.74) is -1.67. The van der Waals surface area contributed by atoms with Crippen molar-refractivity contribution in [1.29, 1.82) is 0 Å². The predicted molar refractivity (Wildman–Crippen MR) is 53.5 cm³/mol. The molecule has 0 bridgehead atoms. The fraction of sp³-hybridized carbons (Fsp3) is 0.300. The molecule has 0 spiro atoms. The second-order valence-corrected chi connectivity index (χ2v) is 3.79. The van der Waals surface area contributed by atoms with Crippen molar-refractivity contribution in [2.24, 2.45) is 0 Å². The molecule has 1 N–H and O–H groups in total. The van der Waals surface area contributed by atoms with Gasteiger partial charge in [-0.05, 0) is 18.9 Å². The maximum Gasteiger partial charge on any atom is 0.308 e. The zero-order chi connectivity index (χ0) is 12.6. The normalized spacial score (nSPS) is 14.5. The van der Waals surface area contributed by atoms with E-state index in [1.54, 1.807) is 0 Å². The average Bonchev–Trinajstić information content (AvgIpc) is 3.04. The molecule has 17 heavy (non-hydrogen) atoms. The summed E-state index contributed by atoms with van der Waals surface area (Å²) in [5.74, 6) is -3.15. The molecule has 90 valence electrons. The lowest BCUT2D eigenvalue weighted by atomic mass is 10.1. The minimum Gasteiger partial charge on any atom is -0.349 e. The number of rotatable bonds is 3. The number of hydrogen-bond acceptors (Lipinski definition) is 3. The first-order valence-electron chi connectivity index (χ1n) is 4.93. The minimum absolute atomic E-state index is 0.0378. The van der Waals surface area contributed by atoms with Gasteiger partial charge in [0, 0.05) is 6.04 Å². The molecule has 0 heterocycles. The van der Waals surface area contributed by atoms with Crippen molar-refractivity contribution in [3.63, 3.8) is 0 Å². The highest BCUT2D eigenvalue weighted by molar-refractivity contribution is 5.95. The molecule has 1 aliphatic carbocycles. The maximum atomic E-state index is 13.6. The van der Waals surface area contributed by atoms with E-state index in [4.69, 9.17) is 0 Å². The van der Waals surface area contributed by atoms with Gasteiger partial charge in [-0.3, -0.25) is 14.9 Å². The van der Waals surface area contributed by atoms with Gasteiger partial charge in [-0.15, -0.1) is 0 Å². The van der Waals surface area contributed by atoms with E-state index in [-0.39, 0.29) is 6.04 Å². The third-order valence-corrected chi connectivity index (χ3v) is 2.37. The Morgan fingerprint density at radius 1 is 1.41 bits per heavy atom. The number of hydrogen-bond donors (Lipinski definition) is 1. The second-order valence-electron chi connectivity index (χ2n) is 3.79. The summed E-state index contributed by atoms with van der Waals surface area (Å²) in [6.07, 6.45) is 1.57. The Morgan fingerprint density at radius 2 is 2.06 bits per heavy atom. The van der Waals surface area contributed by atoms with Crippen LogP contribution in [0.3, 0.4) is 0 Å². The van der Waals surface area contributed by atoms with Gasteiger partial charge >= 0.3 is 5.69 Å². The van der Waals surface area contributed by atoms with Crippen molar-refractivity contribution < 1.29 is 18.5 Å². The zero-order valence-corrected chi connectivity index (χ0v) is 8.57. The number of carbonyl (C=O) groups is 1. The fourth-order valence-corrected chi connectivity index (χ4v) is 1.36. The third kappa shape index (κ3) is 2.38. The van der Waals surface area contributed by atoms with Crippen molar-refractivity contribution in [2.45, 2.75) is 18.9 Å². The maximum absolute atomic E-state index is 13.6. The lowest BCUT2D eigenvalue weighted by Gasteiger charge is -2.05. The van der Waals surface area contributed by atoms with E-state index in [9.17, 15) is 23.7 Å². The van der Waals surface area contributed by atoms with E-state index >= 15 is 0 Å². The first-order chi connectivity index (χ1) is 7.99. The number of benzene rings is 1. The Balaban J connectivity index is 2.37. The minimum atomic E-state index is -1.31. The van der Waals surface area contributed by atoms with E-state index in [2.05, 4.69) is 5.32 Å². The number of nitro benzene ring substituents is 1. The molecule has 1 aromatic carbocycles. The number of carbonyl (C=O) groups excluding carboxylic acids is 1. The van der Waals surface area contributed by atoms with Crippen LogP contribution in [0.25, 0.3) is 0 Å². The van der Waals surface area contributed by atoms with Crippen molar-refractivity contribution in [1.82, 2.24) is 5.32 Å². The Labute approximate surface area is 94.6 Å². The predicted octanol–water partition coefficient (Wildman–Crippen LogP) is 1.77. The van der Waals surface area contributed by atoms with Crippen LogP contribution in [0, 0.1) is 21.7 Å². The summed E-state index contributed by atoms with van der Waals surface area (Å²) in [6, 6.07) is 1.06. The number of nitrogens with zero attached hydrogens (tertiary/aromatic N) is 1. The molecule has 0 saturated heterocycles. The van der Waals surface area contributed by atoms with Crippen LogP contribution in [0.2, 0.25) is 0 Å². The molecule has 7 heteroatoms. The molecule has 0 aliphatic heterocycles. The molecular formula is C10H8F2N2O3. The third-order valence-electron chi connectivity index (χ3n) is 2.37. The molecular weight excluding hydrogens is 234 g/mol. The van der Waals surface area contributed by atoms with Crippen molar-refractivity contribution in [3.8, 4) is 0 Å². The molecule has 1 aliphatic rings.